The molecule has 1 unspecified atom stereocenters. The third-order valence-corrected chi connectivity index (χ3v) is 3.18. The van der Waals surface area contributed by atoms with E-state index in [9.17, 15) is 8.78 Å². The van der Waals surface area contributed by atoms with E-state index >= 15 is 0 Å². The number of hydrogen-bond acceptors (Lipinski definition) is 2. The number of rotatable bonds is 5. The van der Waals surface area contributed by atoms with Crippen molar-refractivity contribution in [3.8, 4) is 0 Å². The predicted octanol–water partition coefficient (Wildman–Crippen LogP) is 3.10. The first kappa shape index (κ1) is 14.6. The summed E-state index contributed by atoms with van der Waals surface area (Å²) in [5.74, 6) is -0.520. The number of nitrogens with zero attached hydrogens (tertiary/aromatic N) is 1. The van der Waals surface area contributed by atoms with Crippen molar-refractivity contribution in [3.63, 3.8) is 0 Å². The van der Waals surface area contributed by atoms with Gasteiger partial charge in [-0.3, -0.25) is 0 Å². The molecule has 0 bridgehead atoms. The maximum Gasteiger partial charge on any atom is 0.127 e. The van der Waals surface area contributed by atoms with Crippen LogP contribution >= 0.6 is 0 Å². The number of hydrogen-bond donors (Lipinski definition) is 1. The first-order valence-corrected chi connectivity index (χ1v) is 6.49. The normalized spacial score (nSPS) is 12.7. The largest absolute Gasteiger partial charge is 0.323 e. The van der Waals surface area contributed by atoms with E-state index < -0.39 is 0 Å². The number of halogens is 2. The summed E-state index contributed by atoms with van der Waals surface area (Å²) < 4.78 is 26.7. The molecule has 0 spiro atoms. The maximum absolute atomic E-state index is 13.6. The molecule has 2 N–H and O–H groups in total. The summed E-state index contributed by atoms with van der Waals surface area (Å²) in [5, 5.41) is 0. The lowest BCUT2D eigenvalue weighted by Crippen LogP contribution is -2.29. The van der Waals surface area contributed by atoms with Gasteiger partial charge in [-0.05, 0) is 30.8 Å². The van der Waals surface area contributed by atoms with Crippen LogP contribution in [0, 0.1) is 11.6 Å². The van der Waals surface area contributed by atoms with Gasteiger partial charge < -0.3 is 10.6 Å². The molecule has 4 heteroatoms. The summed E-state index contributed by atoms with van der Waals surface area (Å²) in [5.41, 5.74) is 7.42. The van der Waals surface area contributed by atoms with E-state index in [0.29, 0.717) is 18.7 Å². The second-order valence-electron chi connectivity index (χ2n) is 4.95. The van der Waals surface area contributed by atoms with Gasteiger partial charge in [0.15, 0.2) is 0 Å². The molecule has 2 nitrogen and oxygen atoms in total. The monoisotopic (exact) mass is 276 g/mol. The highest BCUT2D eigenvalue weighted by Crippen LogP contribution is 2.15. The summed E-state index contributed by atoms with van der Waals surface area (Å²) in [7, 11) is 1.87. The highest BCUT2D eigenvalue weighted by atomic mass is 19.1. The molecule has 0 aliphatic carbocycles. The van der Waals surface area contributed by atoms with Crippen molar-refractivity contribution in [2.24, 2.45) is 5.73 Å². The molecule has 0 saturated carbocycles. The topological polar surface area (TPSA) is 29.3 Å². The molecule has 0 radical (unpaired) electrons. The molecule has 106 valence electrons. The molecule has 0 saturated heterocycles. The van der Waals surface area contributed by atoms with E-state index in [1.54, 1.807) is 30.3 Å². The molecule has 0 aliphatic rings. The van der Waals surface area contributed by atoms with Crippen LogP contribution in [0.25, 0.3) is 0 Å². The standard InChI is InChI=1S/C16H18F2N2/c1-20(10-13-5-2-3-8-15(13)18)11-16(19)12-6-4-7-14(17)9-12/h2-9,16H,10-11,19H2,1H3. The summed E-state index contributed by atoms with van der Waals surface area (Å²) in [6.45, 7) is 0.994. The van der Waals surface area contributed by atoms with Crippen LogP contribution in [0.15, 0.2) is 48.5 Å². The molecule has 0 aromatic heterocycles. The van der Waals surface area contributed by atoms with Gasteiger partial charge in [-0.25, -0.2) is 8.78 Å². The van der Waals surface area contributed by atoms with Crippen LogP contribution in [0.3, 0.4) is 0 Å². The first-order chi connectivity index (χ1) is 9.56. The molecule has 20 heavy (non-hydrogen) atoms. The lowest BCUT2D eigenvalue weighted by molar-refractivity contribution is 0.300. The van der Waals surface area contributed by atoms with Crippen LogP contribution in [-0.4, -0.2) is 18.5 Å². The summed E-state index contributed by atoms with van der Waals surface area (Å²) in [4.78, 5) is 1.92. The Morgan fingerprint density at radius 1 is 1.10 bits per heavy atom. The van der Waals surface area contributed by atoms with Gasteiger partial charge >= 0.3 is 0 Å². The van der Waals surface area contributed by atoms with E-state index in [2.05, 4.69) is 0 Å². The molecule has 0 fully saturated rings. The van der Waals surface area contributed by atoms with Gasteiger partial charge in [-0.15, -0.1) is 0 Å². The van der Waals surface area contributed by atoms with Crippen molar-refractivity contribution < 1.29 is 8.78 Å². The number of nitrogens with two attached hydrogens (primary N) is 1. The molecule has 2 rings (SSSR count). The van der Waals surface area contributed by atoms with Crippen molar-refractivity contribution in [2.75, 3.05) is 13.6 Å². The van der Waals surface area contributed by atoms with Crippen LogP contribution in [-0.2, 0) is 6.54 Å². The highest BCUT2D eigenvalue weighted by molar-refractivity contribution is 5.20. The number of benzene rings is 2. The van der Waals surface area contributed by atoms with Crippen LogP contribution in [0.2, 0.25) is 0 Å². The summed E-state index contributed by atoms with van der Waals surface area (Å²) >= 11 is 0. The zero-order chi connectivity index (χ0) is 14.5. The van der Waals surface area contributed by atoms with Crippen LogP contribution in [0.1, 0.15) is 17.2 Å². The Labute approximate surface area is 117 Å². The maximum atomic E-state index is 13.6. The zero-order valence-corrected chi connectivity index (χ0v) is 11.4. The Hall–Kier alpha value is -1.78. The quantitative estimate of drug-likeness (QED) is 0.909. The Bertz CT molecular complexity index is 572. The number of likely N-dealkylation sites (N-methyl/N-ethyl adjacent to an activating group) is 1. The Kier molecular flexibility index (Phi) is 4.82. The zero-order valence-electron chi connectivity index (χ0n) is 11.4. The molecule has 0 aliphatic heterocycles. The van der Waals surface area contributed by atoms with Gasteiger partial charge in [0.05, 0.1) is 0 Å². The highest BCUT2D eigenvalue weighted by Gasteiger charge is 2.11. The molecular weight excluding hydrogens is 258 g/mol. The fraction of sp³-hybridized carbons (Fsp3) is 0.250. The Morgan fingerprint density at radius 2 is 1.85 bits per heavy atom. The third kappa shape index (κ3) is 3.85. The second kappa shape index (κ2) is 6.59. The van der Waals surface area contributed by atoms with Crippen molar-refractivity contribution >= 4 is 0 Å². The average molecular weight is 276 g/mol. The minimum absolute atomic E-state index is 0.223. The van der Waals surface area contributed by atoms with Gasteiger partial charge in [0.2, 0.25) is 0 Å². The second-order valence-corrected chi connectivity index (χ2v) is 4.95. The van der Waals surface area contributed by atoms with Gasteiger partial charge in [0, 0.05) is 24.7 Å². The van der Waals surface area contributed by atoms with Gasteiger partial charge in [-0.2, -0.15) is 0 Å². The lowest BCUT2D eigenvalue weighted by Gasteiger charge is -2.22. The summed E-state index contributed by atoms with van der Waals surface area (Å²) in [6, 6.07) is 12.6. The van der Waals surface area contributed by atoms with Crippen molar-refractivity contribution in [1.29, 1.82) is 0 Å². The van der Waals surface area contributed by atoms with Crippen LogP contribution in [0.5, 0.6) is 0 Å². The van der Waals surface area contributed by atoms with E-state index in [1.165, 1.54) is 18.2 Å². The molecule has 0 amide bonds. The van der Waals surface area contributed by atoms with Gasteiger partial charge in [-0.1, -0.05) is 30.3 Å². The van der Waals surface area contributed by atoms with E-state index in [4.69, 9.17) is 5.73 Å². The fourth-order valence-corrected chi connectivity index (χ4v) is 2.16. The van der Waals surface area contributed by atoms with Crippen LogP contribution in [0.4, 0.5) is 8.78 Å². The first-order valence-electron chi connectivity index (χ1n) is 6.49. The lowest BCUT2D eigenvalue weighted by atomic mass is 10.1. The van der Waals surface area contributed by atoms with E-state index in [-0.39, 0.29) is 17.7 Å². The fourth-order valence-electron chi connectivity index (χ4n) is 2.16. The Morgan fingerprint density at radius 3 is 2.55 bits per heavy atom. The van der Waals surface area contributed by atoms with Crippen molar-refractivity contribution in [2.45, 2.75) is 12.6 Å². The van der Waals surface area contributed by atoms with E-state index in [0.717, 1.165) is 5.56 Å². The molecule has 2 aromatic carbocycles. The summed E-state index contributed by atoms with van der Waals surface area (Å²) in [6.07, 6.45) is 0. The SMILES string of the molecule is CN(Cc1ccccc1F)CC(N)c1cccc(F)c1. The van der Waals surface area contributed by atoms with Crippen molar-refractivity contribution in [1.82, 2.24) is 4.90 Å². The van der Waals surface area contributed by atoms with Crippen LogP contribution < -0.4 is 5.73 Å². The van der Waals surface area contributed by atoms with E-state index in [1.807, 2.05) is 11.9 Å². The minimum Gasteiger partial charge on any atom is -0.323 e. The smallest absolute Gasteiger partial charge is 0.127 e. The Balaban J connectivity index is 1.98. The minimum atomic E-state index is -0.303. The molecule has 0 heterocycles. The molecular formula is C16H18F2N2. The molecule has 2 aromatic rings. The predicted molar refractivity (Wildman–Crippen MR) is 76.1 cm³/mol. The van der Waals surface area contributed by atoms with Gasteiger partial charge in [0.1, 0.15) is 11.6 Å². The molecule has 1 atom stereocenters. The third-order valence-electron chi connectivity index (χ3n) is 3.18. The average Bonchev–Trinajstić information content (AvgIpc) is 2.41. The van der Waals surface area contributed by atoms with Gasteiger partial charge in [0.25, 0.3) is 0 Å². The van der Waals surface area contributed by atoms with Crippen molar-refractivity contribution in [3.05, 3.63) is 71.3 Å².